The largest absolute Gasteiger partial charge is 0.468 e. The molecule has 0 radical (unpaired) electrons. The van der Waals surface area contributed by atoms with Crippen LogP contribution in [0.5, 0.6) is 0 Å². The number of rotatable bonds is 5. The van der Waals surface area contributed by atoms with E-state index in [1.807, 2.05) is 25.1 Å². The highest BCUT2D eigenvalue weighted by Gasteiger charge is 2.17. The van der Waals surface area contributed by atoms with Gasteiger partial charge in [0, 0.05) is 5.75 Å². The maximum Gasteiger partial charge on any atom is 0.318 e. The number of hydrogen-bond acceptors (Lipinski definition) is 4. The summed E-state index contributed by atoms with van der Waals surface area (Å²) in [5.74, 6) is 0.525. The SMILES string of the molecule is CCC(SCc1cccc(C#N)c1)C(=O)OC. The molecule has 0 amide bonds. The summed E-state index contributed by atoms with van der Waals surface area (Å²) in [5, 5.41) is 8.65. The minimum absolute atomic E-state index is 0.134. The summed E-state index contributed by atoms with van der Waals surface area (Å²) in [6.07, 6.45) is 0.745. The van der Waals surface area contributed by atoms with Gasteiger partial charge in [-0.3, -0.25) is 4.79 Å². The lowest BCUT2D eigenvalue weighted by Crippen LogP contribution is -2.17. The smallest absolute Gasteiger partial charge is 0.318 e. The zero-order valence-electron chi connectivity index (χ0n) is 9.97. The van der Waals surface area contributed by atoms with Crippen molar-refractivity contribution >= 4 is 17.7 Å². The first-order valence-corrected chi connectivity index (χ1v) is 6.44. The van der Waals surface area contributed by atoms with Gasteiger partial charge in [0.2, 0.25) is 0 Å². The first-order valence-electron chi connectivity index (χ1n) is 5.39. The second kappa shape index (κ2) is 6.97. The molecule has 0 aliphatic heterocycles. The Morgan fingerprint density at radius 3 is 2.94 bits per heavy atom. The van der Waals surface area contributed by atoms with Crippen LogP contribution in [0.3, 0.4) is 0 Å². The highest BCUT2D eigenvalue weighted by molar-refractivity contribution is 7.99. The van der Waals surface area contributed by atoms with Crippen molar-refractivity contribution in [1.29, 1.82) is 5.26 Å². The summed E-state index contributed by atoms with van der Waals surface area (Å²) in [6.45, 7) is 1.96. The number of hydrogen-bond donors (Lipinski definition) is 0. The average molecular weight is 249 g/mol. The third-order valence-corrected chi connectivity index (χ3v) is 3.77. The minimum atomic E-state index is -0.186. The van der Waals surface area contributed by atoms with Gasteiger partial charge >= 0.3 is 5.97 Å². The molecule has 1 rings (SSSR count). The van der Waals surface area contributed by atoms with Gasteiger partial charge < -0.3 is 4.74 Å². The first-order chi connectivity index (χ1) is 8.21. The average Bonchev–Trinajstić information content (AvgIpc) is 2.39. The number of thioether (sulfide) groups is 1. The minimum Gasteiger partial charge on any atom is -0.468 e. The van der Waals surface area contributed by atoms with E-state index < -0.39 is 0 Å². The van der Waals surface area contributed by atoms with E-state index in [0.717, 1.165) is 12.0 Å². The summed E-state index contributed by atoms with van der Waals surface area (Å²) in [6, 6.07) is 9.53. The van der Waals surface area contributed by atoms with Gasteiger partial charge in [-0.2, -0.15) is 5.26 Å². The van der Waals surface area contributed by atoms with Crippen LogP contribution < -0.4 is 0 Å². The van der Waals surface area contributed by atoms with E-state index in [1.54, 1.807) is 17.8 Å². The van der Waals surface area contributed by atoms with Crippen LogP contribution in [0.25, 0.3) is 0 Å². The Balaban J connectivity index is 2.60. The Hall–Kier alpha value is -1.47. The summed E-state index contributed by atoms with van der Waals surface area (Å²) in [5.41, 5.74) is 1.70. The predicted octanol–water partition coefficient (Wildman–Crippen LogP) is 2.74. The molecule has 0 spiro atoms. The Bertz CT molecular complexity index is 426. The van der Waals surface area contributed by atoms with Crippen molar-refractivity contribution in [2.45, 2.75) is 24.3 Å². The number of nitrogens with zero attached hydrogens (tertiary/aromatic N) is 1. The molecule has 1 aromatic carbocycles. The van der Waals surface area contributed by atoms with Gasteiger partial charge in [-0.05, 0) is 24.1 Å². The quantitative estimate of drug-likeness (QED) is 0.753. The molecule has 3 nitrogen and oxygen atoms in total. The van der Waals surface area contributed by atoms with Gasteiger partial charge in [0.25, 0.3) is 0 Å². The van der Waals surface area contributed by atoms with Crippen molar-refractivity contribution in [3.63, 3.8) is 0 Å². The highest BCUT2D eigenvalue weighted by atomic mass is 32.2. The van der Waals surface area contributed by atoms with E-state index in [9.17, 15) is 4.79 Å². The van der Waals surface area contributed by atoms with Gasteiger partial charge in [-0.1, -0.05) is 19.1 Å². The van der Waals surface area contributed by atoms with Gasteiger partial charge in [0.1, 0.15) is 5.25 Å². The molecule has 0 aromatic heterocycles. The van der Waals surface area contributed by atoms with Crippen LogP contribution in [0, 0.1) is 11.3 Å². The number of nitriles is 1. The number of carbonyl (C=O) groups is 1. The van der Waals surface area contributed by atoms with Crippen LogP contribution in [0.1, 0.15) is 24.5 Å². The molecule has 4 heteroatoms. The first kappa shape index (κ1) is 13.6. The van der Waals surface area contributed by atoms with Crippen LogP contribution in [0.2, 0.25) is 0 Å². The molecule has 0 aliphatic rings. The second-order valence-corrected chi connectivity index (χ2v) is 4.73. The van der Waals surface area contributed by atoms with Crippen LogP contribution in [-0.4, -0.2) is 18.3 Å². The zero-order chi connectivity index (χ0) is 12.7. The van der Waals surface area contributed by atoms with Gasteiger partial charge in [0.15, 0.2) is 0 Å². The molecular weight excluding hydrogens is 234 g/mol. The Morgan fingerprint density at radius 2 is 2.35 bits per heavy atom. The maximum absolute atomic E-state index is 11.4. The van der Waals surface area contributed by atoms with E-state index in [0.29, 0.717) is 11.3 Å². The lowest BCUT2D eigenvalue weighted by atomic mass is 10.2. The van der Waals surface area contributed by atoms with E-state index >= 15 is 0 Å². The van der Waals surface area contributed by atoms with Crippen molar-refractivity contribution in [1.82, 2.24) is 0 Å². The molecule has 1 aromatic rings. The normalized spacial score (nSPS) is 11.6. The van der Waals surface area contributed by atoms with Crippen LogP contribution in [-0.2, 0) is 15.3 Å². The predicted molar refractivity (Wildman–Crippen MR) is 68.5 cm³/mol. The molecule has 0 bridgehead atoms. The van der Waals surface area contributed by atoms with Crippen LogP contribution in [0.15, 0.2) is 24.3 Å². The molecule has 0 saturated heterocycles. The van der Waals surface area contributed by atoms with E-state index in [4.69, 9.17) is 10.00 Å². The lowest BCUT2D eigenvalue weighted by Gasteiger charge is -2.11. The second-order valence-electron chi connectivity index (χ2n) is 3.54. The Kier molecular flexibility index (Phi) is 5.58. The topological polar surface area (TPSA) is 50.1 Å². The molecule has 1 unspecified atom stereocenters. The molecule has 1 atom stereocenters. The number of ether oxygens (including phenoxy) is 1. The maximum atomic E-state index is 11.4. The third kappa shape index (κ3) is 4.12. The van der Waals surface area contributed by atoms with Gasteiger partial charge in [0.05, 0.1) is 18.7 Å². The van der Waals surface area contributed by atoms with Crippen molar-refractivity contribution < 1.29 is 9.53 Å². The molecule has 0 aliphatic carbocycles. The molecule has 0 N–H and O–H groups in total. The molecule has 0 fully saturated rings. The molecule has 0 heterocycles. The fourth-order valence-electron chi connectivity index (χ4n) is 1.41. The van der Waals surface area contributed by atoms with E-state index in [2.05, 4.69) is 6.07 Å². The summed E-state index contributed by atoms with van der Waals surface area (Å²) in [4.78, 5) is 11.4. The summed E-state index contributed by atoms with van der Waals surface area (Å²) < 4.78 is 4.72. The monoisotopic (exact) mass is 249 g/mol. The van der Waals surface area contributed by atoms with Crippen molar-refractivity contribution in [2.24, 2.45) is 0 Å². The van der Waals surface area contributed by atoms with Crippen molar-refractivity contribution in [3.05, 3.63) is 35.4 Å². The number of esters is 1. The number of benzene rings is 1. The molecule has 17 heavy (non-hydrogen) atoms. The zero-order valence-corrected chi connectivity index (χ0v) is 10.8. The Labute approximate surface area is 106 Å². The van der Waals surface area contributed by atoms with Crippen LogP contribution in [0.4, 0.5) is 0 Å². The molecule has 0 saturated carbocycles. The van der Waals surface area contributed by atoms with Gasteiger partial charge in [-0.25, -0.2) is 0 Å². The fraction of sp³-hybridized carbons (Fsp3) is 0.385. The summed E-state index contributed by atoms with van der Waals surface area (Å²) >= 11 is 1.54. The third-order valence-electron chi connectivity index (χ3n) is 2.34. The number of carbonyl (C=O) groups excluding carboxylic acids is 1. The summed E-state index contributed by atoms with van der Waals surface area (Å²) in [7, 11) is 1.40. The van der Waals surface area contributed by atoms with Crippen LogP contribution >= 0.6 is 11.8 Å². The van der Waals surface area contributed by atoms with E-state index in [-0.39, 0.29) is 11.2 Å². The highest BCUT2D eigenvalue weighted by Crippen LogP contribution is 2.21. The van der Waals surface area contributed by atoms with E-state index in [1.165, 1.54) is 7.11 Å². The van der Waals surface area contributed by atoms with Crippen molar-refractivity contribution in [2.75, 3.05) is 7.11 Å². The molecule has 90 valence electrons. The number of methoxy groups -OCH3 is 1. The Morgan fingerprint density at radius 1 is 1.59 bits per heavy atom. The lowest BCUT2D eigenvalue weighted by molar-refractivity contribution is -0.140. The molecular formula is C13H15NO2S. The fourth-order valence-corrected chi connectivity index (χ4v) is 2.45. The standard InChI is InChI=1S/C13H15NO2S/c1-3-12(13(15)16-2)17-9-11-6-4-5-10(7-11)8-14/h4-7,12H,3,9H2,1-2H3. The van der Waals surface area contributed by atoms with Crippen molar-refractivity contribution in [3.8, 4) is 6.07 Å². The van der Waals surface area contributed by atoms with Gasteiger partial charge in [-0.15, -0.1) is 11.8 Å².